The van der Waals surface area contributed by atoms with Crippen LogP contribution in [0.5, 0.6) is 0 Å². The van der Waals surface area contributed by atoms with Gasteiger partial charge >= 0.3 is 0 Å². The molecule has 0 aromatic rings. The minimum Gasteiger partial charge on any atom is -0.378 e. The van der Waals surface area contributed by atoms with E-state index >= 15 is 0 Å². The predicted octanol–water partition coefficient (Wildman–Crippen LogP) is 4.42. The number of hydrogen-bond donors (Lipinski definition) is 0. The fourth-order valence-corrected chi connectivity index (χ4v) is 7.23. The van der Waals surface area contributed by atoms with Crippen molar-refractivity contribution in [3.63, 3.8) is 0 Å². The number of carbonyl (C=O) groups excluding carboxylic acids is 1. The van der Waals surface area contributed by atoms with Gasteiger partial charge in [-0.3, -0.25) is 4.79 Å². The maximum absolute atomic E-state index is 12.1. The number of ether oxygens (including phenoxy) is 1. The number of carbonyl (C=O) groups is 1. The summed E-state index contributed by atoms with van der Waals surface area (Å²) in [5.41, 5.74) is 1.95. The Morgan fingerprint density at radius 1 is 1.28 bits per heavy atom. The molecule has 0 aromatic heterocycles. The van der Waals surface area contributed by atoms with Crippen molar-refractivity contribution in [2.75, 3.05) is 13.7 Å². The van der Waals surface area contributed by atoms with Crippen LogP contribution in [-0.2, 0) is 9.53 Å². The van der Waals surface area contributed by atoms with Gasteiger partial charge in [0.2, 0.25) is 0 Å². The first-order chi connectivity index (χ1) is 11.8. The minimum atomic E-state index is 0.185. The van der Waals surface area contributed by atoms with E-state index in [1.807, 2.05) is 6.08 Å². The Labute approximate surface area is 153 Å². The monoisotopic (exact) mass is 345 g/mol. The molecule has 0 spiro atoms. The summed E-state index contributed by atoms with van der Waals surface area (Å²) < 4.78 is 6.08. The predicted molar refractivity (Wildman–Crippen MR) is 100 cm³/mol. The molecule has 1 heterocycles. The largest absolute Gasteiger partial charge is 0.378 e. The number of piperidine rings is 1. The van der Waals surface area contributed by atoms with E-state index in [-0.39, 0.29) is 5.41 Å². The van der Waals surface area contributed by atoms with Crippen molar-refractivity contribution in [2.45, 2.75) is 78.4 Å². The molecule has 2 saturated carbocycles. The fourth-order valence-electron chi connectivity index (χ4n) is 7.23. The Hall–Kier alpha value is -0.830. The third-order valence-corrected chi connectivity index (χ3v) is 8.60. The Balaban J connectivity index is 1.71. The van der Waals surface area contributed by atoms with Gasteiger partial charge in [0.25, 0.3) is 0 Å². The summed E-state index contributed by atoms with van der Waals surface area (Å²) in [5.74, 6) is 2.53. The van der Waals surface area contributed by atoms with Crippen molar-refractivity contribution in [3.05, 3.63) is 11.8 Å². The first kappa shape index (κ1) is 17.6. The number of allylic oxidation sites excluding steroid dienone is 2. The van der Waals surface area contributed by atoms with Crippen molar-refractivity contribution in [1.82, 2.24) is 4.90 Å². The van der Waals surface area contributed by atoms with Crippen LogP contribution in [0.3, 0.4) is 0 Å². The molecule has 0 radical (unpaired) electrons. The summed E-state index contributed by atoms with van der Waals surface area (Å²) in [4.78, 5) is 14.6. The lowest BCUT2D eigenvalue weighted by molar-refractivity contribution is -0.121. The molecule has 3 fully saturated rings. The number of hydrogen-bond acceptors (Lipinski definition) is 3. The van der Waals surface area contributed by atoms with Crippen LogP contribution in [-0.4, -0.2) is 36.5 Å². The SMILES string of the molecule is CCO[C@H]1C[C@H]2[C@@H]3[C@@H](C)N(C)C4=CC(=O)CC[C@]4(C)[C@H]3CC[C@]2(C)C1. The Bertz CT molecular complexity index is 599. The lowest BCUT2D eigenvalue weighted by Crippen LogP contribution is -2.60. The van der Waals surface area contributed by atoms with Crippen LogP contribution < -0.4 is 0 Å². The summed E-state index contributed by atoms with van der Waals surface area (Å²) in [5, 5.41) is 0. The Morgan fingerprint density at radius 2 is 2.04 bits per heavy atom. The van der Waals surface area contributed by atoms with Gasteiger partial charge in [-0.15, -0.1) is 0 Å². The Morgan fingerprint density at radius 3 is 2.76 bits per heavy atom. The van der Waals surface area contributed by atoms with Gasteiger partial charge in [0.1, 0.15) is 0 Å². The molecule has 140 valence electrons. The zero-order valence-corrected chi connectivity index (χ0v) is 16.7. The second-order valence-corrected chi connectivity index (χ2v) is 9.77. The lowest BCUT2D eigenvalue weighted by Gasteiger charge is -2.62. The fraction of sp³-hybridized carbons (Fsp3) is 0.864. The van der Waals surface area contributed by atoms with Crippen LogP contribution in [0.2, 0.25) is 0 Å². The Kier molecular flexibility index (Phi) is 4.10. The second-order valence-electron chi connectivity index (χ2n) is 9.77. The smallest absolute Gasteiger partial charge is 0.157 e. The molecule has 7 atom stereocenters. The zero-order chi connectivity index (χ0) is 18.0. The van der Waals surface area contributed by atoms with Crippen LogP contribution in [0.1, 0.15) is 66.2 Å². The molecule has 4 aliphatic rings. The van der Waals surface area contributed by atoms with Crippen LogP contribution in [0.25, 0.3) is 0 Å². The number of rotatable bonds is 2. The summed E-state index contributed by atoms with van der Waals surface area (Å²) in [6.07, 6.45) is 9.31. The molecule has 3 aliphatic carbocycles. The number of nitrogens with zero attached hydrogens (tertiary/aromatic N) is 1. The molecular weight excluding hydrogens is 310 g/mol. The van der Waals surface area contributed by atoms with Crippen molar-refractivity contribution in [2.24, 2.45) is 28.6 Å². The van der Waals surface area contributed by atoms with E-state index in [0.717, 1.165) is 37.2 Å². The highest BCUT2D eigenvalue weighted by molar-refractivity contribution is 5.91. The maximum Gasteiger partial charge on any atom is 0.157 e. The van der Waals surface area contributed by atoms with Gasteiger partial charge in [-0.25, -0.2) is 0 Å². The van der Waals surface area contributed by atoms with Crippen molar-refractivity contribution < 1.29 is 9.53 Å². The molecule has 1 saturated heterocycles. The molecule has 4 rings (SSSR count). The van der Waals surface area contributed by atoms with Gasteiger partial charge in [0.05, 0.1) is 6.10 Å². The summed E-state index contributed by atoms with van der Waals surface area (Å²) in [6.45, 7) is 10.3. The summed E-state index contributed by atoms with van der Waals surface area (Å²) >= 11 is 0. The summed E-state index contributed by atoms with van der Waals surface area (Å²) in [6, 6.07) is 0.514. The van der Waals surface area contributed by atoms with Crippen LogP contribution in [0.4, 0.5) is 0 Å². The van der Waals surface area contributed by atoms with Crippen molar-refractivity contribution in [1.29, 1.82) is 0 Å². The van der Waals surface area contributed by atoms with Gasteiger partial charge < -0.3 is 9.64 Å². The third-order valence-electron chi connectivity index (χ3n) is 8.60. The highest BCUT2D eigenvalue weighted by Gasteiger charge is 2.61. The molecule has 25 heavy (non-hydrogen) atoms. The molecule has 0 aromatic carbocycles. The van der Waals surface area contributed by atoms with E-state index in [4.69, 9.17) is 4.74 Å². The number of ketones is 1. The molecule has 0 unspecified atom stereocenters. The van der Waals surface area contributed by atoms with Crippen LogP contribution in [0.15, 0.2) is 11.8 Å². The molecule has 3 nitrogen and oxygen atoms in total. The molecule has 3 heteroatoms. The van der Waals surface area contributed by atoms with E-state index in [1.54, 1.807) is 0 Å². The average molecular weight is 346 g/mol. The molecular formula is C22H35NO2. The summed E-state index contributed by atoms with van der Waals surface area (Å²) in [7, 11) is 2.23. The van der Waals surface area contributed by atoms with Crippen LogP contribution >= 0.6 is 0 Å². The highest BCUT2D eigenvalue weighted by Crippen LogP contribution is 2.65. The first-order valence-corrected chi connectivity index (χ1v) is 10.4. The third kappa shape index (κ3) is 2.44. The van der Waals surface area contributed by atoms with Crippen LogP contribution in [0, 0.1) is 28.6 Å². The normalized spacial score (nSPS) is 49.3. The lowest BCUT2D eigenvalue weighted by atomic mass is 9.49. The molecule has 1 aliphatic heterocycles. The average Bonchev–Trinajstić information content (AvgIpc) is 2.90. The van der Waals surface area contributed by atoms with Gasteiger partial charge in [0, 0.05) is 43.3 Å². The first-order valence-electron chi connectivity index (χ1n) is 10.4. The molecule has 0 N–H and O–H groups in total. The van der Waals surface area contributed by atoms with Gasteiger partial charge in [-0.1, -0.05) is 13.8 Å². The molecule has 0 bridgehead atoms. The van der Waals surface area contributed by atoms with E-state index in [0.29, 0.717) is 23.3 Å². The van der Waals surface area contributed by atoms with Crippen molar-refractivity contribution in [3.8, 4) is 0 Å². The van der Waals surface area contributed by atoms with Gasteiger partial charge in [-0.2, -0.15) is 0 Å². The minimum absolute atomic E-state index is 0.185. The molecule has 0 amide bonds. The quantitative estimate of drug-likeness (QED) is 0.742. The van der Waals surface area contributed by atoms with E-state index in [9.17, 15) is 4.79 Å². The van der Waals surface area contributed by atoms with Crippen molar-refractivity contribution >= 4 is 5.78 Å². The van der Waals surface area contributed by atoms with Gasteiger partial charge in [-0.05, 0) is 69.1 Å². The standard InChI is InChI=1S/C22H35NO2/c1-6-25-16-12-18-20-14(2)23(5)19-11-15(24)7-10-22(19,4)17(20)8-9-21(18,3)13-16/h11,14,16-18,20H,6-10,12-13H2,1-5H3/t14-,16+,17+,18+,20-,21-,22-/m1/s1. The topological polar surface area (TPSA) is 29.5 Å². The van der Waals surface area contributed by atoms with E-state index in [2.05, 4.69) is 39.6 Å². The van der Waals surface area contributed by atoms with Gasteiger partial charge in [0.15, 0.2) is 5.78 Å². The maximum atomic E-state index is 12.1. The van der Waals surface area contributed by atoms with E-state index < -0.39 is 0 Å². The van der Waals surface area contributed by atoms with E-state index in [1.165, 1.54) is 31.4 Å². The second kappa shape index (κ2) is 5.84. The number of fused-ring (bicyclic) bond motifs is 5. The number of likely N-dealkylation sites (tertiary alicyclic amines) is 1. The highest BCUT2D eigenvalue weighted by atomic mass is 16.5. The zero-order valence-electron chi connectivity index (χ0n) is 16.7.